The SMILES string of the molecule is Cl.Cl.O=C(COc1ccc(C(=O)CN2CCN(C3CCNCC3)CC2=O)cc1)OC1CCOCC1. The summed E-state index contributed by atoms with van der Waals surface area (Å²) in [5.74, 6) is -0.0217. The van der Waals surface area contributed by atoms with Gasteiger partial charge in [-0.1, -0.05) is 0 Å². The van der Waals surface area contributed by atoms with E-state index >= 15 is 0 Å². The zero-order chi connectivity index (χ0) is 23.0. The third-order valence-corrected chi connectivity index (χ3v) is 6.51. The second kappa shape index (κ2) is 14.6. The number of carbonyl (C=O) groups excluding carboxylic acids is 3. The van der Waals surface area contributed by atoms with E-state index in [1.807, 2.05) is 0 Å². The van der Waals surface area contributed by atoms with Crippen LogP contribution in [0.2, 0.25) is 0 Å². The molecule has 3 aliphatic rings. The smallest absolute Gasteiger partial charge is 0.344 e. The summed E-state index contributed by atoms with van der Waals surface area (Å²) in [4.78, 5) is 41.2. The molecule has 0 radical (unpaired) electrons. The Morgan fingerprint density at radius 2 is 1.69 bits per heavy atom. The van der Waals surface area contributed by atoms with Crippen LogP contribution in [-0.4, -0.2) is 98.7 Å². The highest BCUT2D eigenvalue weighted by atomic mass is 35.5. The van der Waals surface area contributed by atoms with Gasteiger partial charge in [-0.2, -0.15) is 0 Å². The van der Waals surface area contributed by atoms with E-state index < -0.39 is 5.97 Å². The topological polar surface area (TPSA) is 97.4 Å². The van der Waals surface area contributed by atoms with E-state index in [1.165, 1.54) is 0 Å². The summed E-state index contributed by atoms with van der Waals surface area (Å²) in [5.41, 5.74) is 0.515. The van der Waals surface area contributed by atoms with Crippen LogP contribution in [0, 0.1) is 0 Å². The average Bonchev–Trinajstić information content (AvgIpc) is 2.85. The van der Waals surface area contributed by atoms with Crippen molar-refractivity contribution in [2.75, 3.05) is 59.1 Å². The fourth-order valence-corrected chi connectivity index (χ4v) is 4.54. The van der Waals surface area contributed by atoms with E-state index in [0.29, 0.717) is 56.5 Å². The van der Waals surface area contributed by atoms with E-state index in [0.717, 1.165) is 32.5 Å². The first-order chi connectivity index (χ1) is 16.1. The van der Waals surface area contributed by atoms with Crippen molar-refractivity contribution in [2.45, 2.75) is 37.8 Å². The first-order valence-electron chi connectivity index (χ1n) is 11.8. The molecule has 0 aliphatic carbocycles. The quantitative estimate of drug-likeness (QED) is 0.400. The number of piperidine rings is 1. The van der Waals surface area contributed by atoms with Crippen LogP contribution in [0.3, 0.4) is 0 Å². The Hall–Kier alpha value is -1.91. The zero-order valence-corrected chi connectivity index (χ0v) is 21.4. The Morgan fingerprint density at radius 3 is 2.34 bits per heavy atom. The molecule has 0 bridgehead atoms. The summed E-state index contributed by atoms with van der Waals surface area (Å²) in [6, 6.07) is 7.10. The molecule has 3 fully saturated rings. The van der Waals surface area contributed by atoms with Crippen LogP contribution in [0.4, 0.5) is 0 Å². The summed E-state index contributed by atoms with van der Waals surface area (Å²) < 4.78 is 16.1. The maximum atomic E-state index is 12.7. The lowest BCUT2D eigenvalue weighted by atomic mass is 10.0. The molecule has 3 heterocycles. The first-order valence-corrected chi connectivity index (χ1v) is 11.8. The molecule has 0 atom stereocenters. The number of ether oxygens (including phenoxy) is 3. The minimum atomic E-state index is -0.413. The summed E-state index contributed by atoms with van der Waals surface area (Å²) in [7, 11) is 0. The molecule has 1 aromatic carbocycles. The highest BCUT2D eigenvalue weighted by molar-refractivity contribution is 5.99. The van der Waals surface area contributed by atoms with Crippen LogP contribution in [0.25, 0.3) is 0 Å². The number of nitrogens with one attached hydrogen (secondary N) is 1. The van der Waals surface area contributed by atoms with E-state index in [4.69, 9.17) is 14.2 Å². The van der Waals surface area contributed by atoms with Gasteiger partial charge in [0, 0.05) is 37.5 Å². The molecule has 0 aromatic heterocycles. The summed E-state index contributed by atoms with van der Waals surface area (Å²) in [6.07, 6.45) is 3.43. The number of amides is 1. The molecule has 11 heteroatoms. The number of rotatable bonds is 8. The average molecular weight is 532 g/mol. The maximum Gasteiger partial charge on any atom is 0.344 e. The van der Waals surface area contributed by atoms with Crippen molar-refractivity contribution in [3.05, 3.63) is 29.8 Å². The number of carbonyl (C=O) groups is 3. The van der Waals surface area contributed by atoms with Crippen LogP contribution in [0.5, 0.6) is 5.75 Å². The predicted molar refractivity (Wildman–Crippen MR) is 135 cm³/mol. The zero-order valence-electron chi connectivity index (χ0n) is 19.8. The predicted octanol–water partition coefficient (Wildman–Crippen LogP) is 1.71. The highest BCUT2D eigenvalue weighted by Gasteiger charge is 2.30. The number of nitrogens with zero attached hydrogens (tertiary/aromatic N) is 2. The molecule has 35 heavy (non-hydrogen) atoms. The van der Waals surface area contributed by atoms with Gasteiger partial charge in [-0.3, -0.25) is 14.5 Å². The Labute approximate surface area is 218 Å². The molecular weight excluding hydrogens is 497 g/mol. The number of ketones is 1. The van der Waals surface area contributed by atoms with E-state index in [2.05, 4.69) is 10.2 Å². The van der Waals surface area contributed by atoms with Crippen LogP contribution in [0.1, 0.15) is 36.0 Å². The third kappa shape index (κ3) is 8.61. The van der Waals surface area contributed by atoms with E-state index in [1.54, 1.807) is 29.2 Å². The number of halogens is 2. The fourth-order valence-electron chi connectivity index (χ4n) is 4.54. The lowest BCUT2D eigenvalue weighted by Gasteiger charge is -2.40. The molecular formula is C24H35Cl2N3O6. The van der Waals surface area contributed by atoms with Gasteiger partial charge in [0.05, 0.1) is 26.3 Å². The minimum absolute atomic E-state index is 0. The number of esters is 1. The first kappa shape index (κ1) is 29.3. The molecule has 4 rings (SSSR count). The fraction of sp³-hybridized carbons (Fsp3) is 0.625. The van der Waals surface area contributed by atoms with Gasteiger partial charge in [0.25, 0.3) is 0 Å². The van der Waals surface area contributed by atoms with Crippen molar-refractivity contribution in [3.8, 4) is 5.75 Å². The molecule has 3 aliphatic heterocycles. The van der Waals surface area contributed by atoms with Crippen molar-refractivity contribution in [1.82, 2.24) is 15.1 Å². The van der Waals surface area contributed by atoms with Crippen molar-refractivity contribution in [3.63, 3.8) is 0 Å². The van der Waals surface area contributed by atoms with Crippen LogP contribution in [-0.2, 0) is 19.1 Å². The summed E-state index contributed by atoms with van der Waals surface area (Å²) >= 11 is 0. The van der Waals surface area contributed by atoms with Crippen molar-refractivity contribution < 1.29 is 28.6 Å². The largest absolute Gasteiger partial charge is 0.482 e. The van der Waals surface area contributed by atoms with Gasteiger partial charge in [0.1, 0.15) is 11.9 Å². The third-order valence-electron chi connectivity index (χ3n) is 6.51. The number of Topliss-reactive ketones (excluding diaryl/α,β-unsaturated/α-hetero) is 1. The standard InChI is InChI=1S/C24H33N3O6.2ClH/c28-22(15-27-12-11-26(16-23(27)29)19-5-9-25-10-6-19)18-1-3-20(4-2-18)32-17-24(30)33-21-7-13-31-14-8-21;;/h1-4,19,21,25H,5-17H2;2*1H. The van der Waals surface area contributed by atoms with Gasteiger partial charge in [-0.15, -0.1) is 24.8 Å². The number of piperazine rings is 1. The number of benzene rings is 1. The maximum absolute atomic E-state index is 12.7. The minimum Gasteiger partial charge on any atom is -0.482 e. The lowest BCUT2D eigenvalue weighted by Crippen LogP contribution is -2.56. The second-order valence-electron chi connectivity index (χ2n) is 8.80. The Kier molecular flexibility index (Phi) is 12.2. The monoisotopic (exact) mass is 531 g/mol. The molecule has 9 nitrogen and oxygen atoms in total. The van der Waals surface area contributed by atoms with Crippen molar-refractivity contribution >= 4 is 42.5 Å². The van der Waals surface area contributed by atoms with Gasteiger partial charge in [-0.25, -0.2) is 4.79 Å². The lowest BCUT2D eigenvalue weighted by molar-refractivity contribution is -0.155. The molecule has 1 N–H and O–H groups in total. The molecule has 1 aromatic rings. The van der Waals surface area contributed by atoms with E-state index in [-0.39, 0.29) is 55.8 Å². The van der Waals surface area contributed by atoms with Gasteiger partial charge in [0.15, 0.2) is 12.4 Å². The molecule has 196 valence electrons. The molecule has 3 saturated heterocycles. The normalized spacial score (nSPS) is 19.9. The Morgan fingerprint density at radius 1 is 1.00 bits per heavy atom. The van der Waals surface area contributed by atoms with Crippen molar-refractivity contribution in [1.29, 1.82) is 0 Å². The summed E-state index contributed by atoms with van der Waals surface area (Å²) in [5, 5.41) is 3.35. The molecule has 0 saturated carbocycles. The summed E-state index contributed by atoms with van der Waals surface area (Å²) in [6.45, 7) is 4.86. The van der Waals surface area contributed by atoms with Crippen LogP contribution < -0.4 is 10.1 Å². The van der Waals surface area contributed by atoms with E-state index in [9.17, 15) is 14.4 Å². The van der Waals surface area contributed by atoms with Crippen molar-refractivity contribution in [2.24, 2.45) is 0 Å². The number of hydrogen-bond donors (Lipinski definition) is 1. The highest BCUT2D eigenvalue weighted by Crippen LogP contribution is 2.17. The van der Waals surface area contributed by atoms with Gasteiger partial charge in [-0.05, 0) is 50.2 Å². The van der Waals surface area contributed by atoms with Gasteiger partial charge in [0.2, 0.25) is 5.91 Å². The number of hydrogen-bond acceptors (Lipinski definition) is 8. The molecule has 1 amide bonds. The molecule has 0 spiro atoms. The Bertz CT molecular complexity index is 829. The molecule has 0 unspecified atom stereocenters. The van der Waals surface area contributed by atoms with Gasteiger partial charge < -0.3 is 24.4 Å². The van der Waals surface area contributed by atoms with Crippen LogP contribution in [0.15, 0.2) is 24.3 Å². The second-order valence-corrected chi connectivity index (χ2v) is 8.80. The Balaban J connectivity index is 0.00000216. The van der Waals surface area contributed by atoms with Gasteiger partial charge >= 0.3 is 5.97 Å². The van der Waals surface area contributed by atoms with Crippen LogP contribution >= 0.6 is 24.8 Å².